The predicted molar refractivity (Wildman–Crippen MR) is 85.1 cm³/mol. The fraction of sp³-hybridized carbons (Fsp3) is 0.111. The van der Waals surface area contributed by atoms with E-state index in [4.69, 9.17) is 10.5 Å². The first-order valence-corrected chi connectivity index (χ1v) is 6.63. The molecule has 2 N–H and O–H groups in total. The third-order valence-electron chi connectivity index (χ3n) is 3.59. The number of ether oxygens (including phenoxy) is 1. The van der Waals surface area contributed by atoms with Gasteiger partial charge in [-0.05, 0) is 29.8 Å². The number of methoxy groups -OCH3 is 1. The highest BCUT2D eigenvalue weighted by molar-refractivity contribution is 6.02. The number of benzene rings is 3. The van der Waals surface area contributed by atoms with Gasteiger partial charge in [-0.2, -0.15) is 0 Å². The van der Waals surface area contributed by atoms with Crippen LogP contribution in [-0.2, 0) is 0 Å². The lowest BCUT2D eigenvalue weighted by Crippen LogP contribution is -1.94. The summed E-state index contributed by atoms with van der Waals surface area (Å²) in [6, 6.07) is 18.4. The number of anilines is 1. The van der Waals surface area contributed by atoms with Crippen LogP contribution in [0.3, 0.4) is 0 Å². The molecule has 0 aliphatic rings. The third-order valence-corrected chi connectivity index (χ3v) is 3.59. The molecule has 0 atom stereocenters. The van der Waals surface area contributed by atoms with E-state index in [-0.39, 0.29) is 0 Å². The van der Waals surface area contributed by atoms with Crippen molar-refractivity contribution in [3.8, 4) is 16.9 Å². The summed E-state index contributed by atoms with van der Waals surface area (Å²) in [5, 5.41) is 2.36. The molecule has 0 amide bonds. The summed E-state index contributed by atoms with van der Waals surface area (Å²) in [6.07, 6.45) is 0. The zero-order chi connectivity index (χ0) is 14.1. The number of nitrogens with two attached hydrogens (primary N) is 1. The van der Waals surface area contributed by atoms with Gasteiger partial charge in [0.15, 0.2) is 0 Å². The van der Waals surface area contributed by atoms with Crippen LogP contribution in [0.5, 0.6) is 5.75 Å². The fourth-order valence-electron chi connectivity index (χ4n) is 2.60. The largest absolute Gasteiger partial charge is 0.496 e. The van der Waals surface area contributed by atoms with Crippen molar-refractivity contribution in [3.05, 3.63) is 60.2 Å². The maximum Gasteiger partial charge on any atom is 0.127 e. The van der Waals surface area contributed by atoms with E-state index in [1.165, 1.54) is 10.9 Å². The monoisotopic (exact) mass is 263 g/mol. The minimum atomic E-state index is 0.763. The van der Waals surface area contributed by atoms with E-state index in [0.717, 1.165) is 28.0 Å². The van der Waals surface area contributed by atoms with Crippen LogP contribution in [0.2, 0.25) is 0 Å². The summed E-state index contributed by atoms with van der Waals surface area (Å²) in [4.78, 5) is 0. The van der Waals surface area contributed by atoms with Gasteiger partial charge in [0.2, 0.25) is 0 Å². The van der Waals surface area contributed by atoms with Crippen molar-refractivity contribution in [1.82, 2.24) is 0 Å². The SMILES string of the molecule is COc1ccc2cc(C)ccc2c1-c1ccccc1N. The zero-order valence-electron chi connectivity index (χ0n) is 11.7. The van der Waals surface area contributed by atoms with Gasteiger partial charge in [-0.25, -0.2) is 0 Å². The molecule has 0 bridgehead atoms. The Morgan fingerprint density at radius 2 is 1.75 bits per heavy atom. The van der Waals surface area contributed by atoms with Crippen molar-refractivity contribution in [2.75, 3.05) is 12.8 Å². The highest BCUT2D eigenvalue weighted by atomic mass is 16.5. The highest BCUT2D eigenvalue weighted by Crippen LogP contribution is 2.39. The quantitative estimate of drug-likeness (QED) is 0.695. The van der Waals surface area contributed by atoms with Gasteiger partial charge in [0.05, 0.1) is 7.11 Å². The number of para-hydroxylation sites is 1. The van der Waals surface area contributed by atoms with Crippen molar-refractivity contribution < 1.29 is 4.74 Å². The summed E-state index contributed by atoms with van der Waals surface area (Å²) in [5.74, 6) is 0.847. The molecular formula is C18H17NO. The van der Waals surface area contributed by atoms with E-state index in [1.807, 2.05) is 30.3 Å². The van der Waals surface area contributed by atoms with Crippen LogP contribution in [0.4, 0.5) is 5.69 Å². The first-order chi connectivity index (χ1) is 9.70. The number of rotatable bonds is 2. The second kappa shape index (κ2) is 4.89. The van der Waals surface area contributed by atoms with Crippen LogP contribution in [0.25, 0.3) is 21.9 Å². The van der Waals surface area contributed by atoms with E-state index in [2.05, 4.69) is 31.2 Å². The lowest BCUT2D eigenvalue weighted by molar-refractivity contribution is 0.417. The Hall–Kier alpha value is -2.48. The number of hydrogen-bond donors (Lipinski definition) is 1. The molecule has 0 heterocycles. The first-order valence-electron chi connectivity index (χ1n) is 6.63. The molecule has 0 fully saturated rings. The normalized spacial score (nSPS) is 10.7. The van der Waals surface area contributed by atoms with Crippen LogP contribution >= 0.6 is 0 Å². The van der Waals surface area contributed by atoms with Crippen LogP contribution in [0.1, 0.15) is 5.56 Å². The molecule has 20 heavy (non-hydrogen) atoms. The molecule has 100 valence electrons. The number of aryl methyl sites for hydroxylation is 1. The summed E-state index contributed by atoms with van der Waals surface area (Å²) in [5.41, 5.74) is 10.2. The van der Waals surface area contributed by atoms with E-state index in [9.17, 15) is 0 Å². The van der Waals surface area contributed by atoms with Gasteiger partial charge in [0.1, 0.15) is 5.75 Å². The van der Waals surface area contributed by atoms with Gasteiger partial charge >= 0.3 is 0 Å². The second-order valence-electron chi connectivity index (χ2n) is 4.95. The summed E-state index contributed by atoms with van der Waals surface area (Å²) >= 11 is 0. The topological polar surface area (TPSA) is 35.2 Å². The molecule has 2 nitrogen and oxygen atoms in total. The van der Waals surface area contributed by atoms with Crippen LogP contribution in [0, 0.1) is 6.92 Å². The maximum absolute atomic E-state index is 6.14. The van der Waals surface area contributed by atoms with Gasteiger partial charge < -0.3 is 10.5 Å². The van der Waals surface area contributed by atoms with Gasteiger partial charge in [-0.3, -0.25) is 0 Å². The Balaban J connectivity index is 2.40. The van der Waals surface area contributed by atoms with Crippen LogP contribution in [-0.4, -0.2) is 7.11 Å². The molecule has 0 radical (unpaired) electrons. The minimum absolute atomic E-state index is 0.763. The van der Waals surface area contributed by atoms with Gasteiger partial charge in [0, 0.05) is 16.8 Å². The number of fused-ring (bicyclic) bond motifs is 1. The van der Waals surface area contributed by atoms with E-state index >= 15 is 0 Å². The highest BCUT2D eigenvalue weighted by Gasteiger charge is 2.12. The standard InChI is InChI=1S/C18H17NO/c1-12-7-9-14-13(11-12)8-10-17(20-2)18(14)15-5-3-4-6-16(15)19/h3-11H,19H2,1-2H3. The predicted octanol–water partition coefficient (Wildman–Crippen LogP) is 4.41. The first kappa shape index (κ1) is 12.5. The Morgan fingerprint density at radius 1 is 0.950 bits per heavy atom. The van der Waals surface area contributed by atoms with Gasteiger partial charge in [-0.15, -0.1) is 0 Å². The molecule has 0 saturated carbocycles. The zero-order valence-corrected chi connectivity index (χ0v) is 11.7. The van der Waals surface area contributed by atoms with E-state index in [0.29, 0.717) is 0 Å². The van der Waals surface area contributed by atoms with Crippen LogP contribution < -0.4 is 10.5 Å². The summed E-state index contributed by atoms with van der Waals surface area (Å²) in [7, 11) is 1.69. The molecule has 3 aromatic carbocycles. The smallest absolute Gasteiger partial charge is 0.127 e. The van der Waals surface area contributed by atoms with Crippen molar-refractivity contribution in [3.63, 3.8) is 0 Å². The van der Waals surface area contributed by atoms with Gasteiger partial charge in [-0.1, -0.05) is 48.0 Å². The minimum Gasteiger partial charge on any atom is -0.496 e. The Bertz CT molecular complexity index is 777. The molecule has 3 rings (SSSR count). The molecule has 0 spiro atoms. The van der Waals surface area contributed by atoms with Crippen molar-refractivity contribution in [2.24, 2.45) is 0 Å². The number of hydrogen-bond acceptors (Lipinski definition) is 2. The molecule has 0 aliphatic carbocycles. The van der Waals surface area contributed by atoms with Crippen molar-refractivity contribution in [2.45, 2.75) is 6.92 Å². The van der Waals surface area contributed by atoms with E-state index in [1.54, 1.807) is 7.11 Å². The summed E-state index contributed by atoms with van der Waals surface area (Å²) < 4.78 is 5.54. The lowest BCUT2D eigenvalue weighted by atomic mass is 9.95. The maximum atomic E-state index is 6.14. The Labute approximate surface area is 118 Å². The van der Waals surface area contributed by atoms with Crippen molar-refractivity contribution >= 4 is 16.5 Å². The average Bonchev–Trinajstić information content (AvgIpc) is 2.46. The lowest BCUT2D eigenvalue weighted by Gasteiger charge is -2.14. The molecule has 0 saturated heterocycles. The van der Waals surface area contributed by atoms with Crippen molar-refractivity contribution in [1.29, 1.82) is 0 Å². The molecule has 0 aliphatic heterocycles. The Kier molecular flexibility index (Phi) is 3.07. The summed E-state index contributed by atoms with van der Waals surface area (Å²) in [6.45, 7) is 2.10. The fourth-order valence-corrected chi connectivity index (χ4v) is 2.60. The third kappa shape index (κ3) is 1.99. The molecule has 3 aromatic rings. The molecule has 0 unspecified atom stereocenters. The van der Waals surface area contributed by atoms with Gasteiger partial charge in [0.25, 0.3) is 0 Å². The second-order valence-corrected chi connectivity index (χ2v) is 4.95. The molecular weight excluding hydrogens is 246 g/mol. The average molecular weight is 263 g/mol. The molecule has 0 aromatic heterocycles. The van der Waals surface area contributed by atoms with Crippen LogP contribution in [0.15, 0.2) is 54.6 Å². The molecule has 2 heteroatoms. The number of nitrogen functional groups attached to an aromatic ring is 1. The van der Waals surface area contributed by atoms with E-state index < -0.39 is 0 Å². The Morgan fingerprint density at radius 3 is 2.50 bits per heavy atom.